The Morgan fingerprint density at radius 3 is 1.62 bits per heavy atom. The highest BCUT2D eigenvalue weighted by molar-refractivity contribution is 5.86. The van der Waals surface area contributed by atoms with Gasteiger partial charge in [-0.05, 0) is 113 Å². The van der Waals surface area contributed by atoms with E-state index in [1.165, 1.54) is 39.2 Å². The molecule has 0 saturated heterocycles. The number of esters is 1. The fourth-order valence-corrected chi connectivity index (χ4v) is 5.24. The predicted octanol–water partition coefficient (Wildman–Crippen LogP) is 7.67. The molecule has 5 nitrogen and oxygen atoms in total. The zero-order valence-corrected chi connectivity index (χ0v) is 25.4. The second kappa shape index (κ2) is 14.6. The molecule has 0 aliphatic rings. The van der Waals surface area contributed by atoms with Crippen molar-refractivity contribution in [1.29, 1.82) is 0 Å². The van der Waals surface area contributed by atoms with Crippen LogP contribution in [0.15, 0.2) is 72.8 Å². The first-order valence-corrected chi connectivity index (χ1v) is 14.5. The number of anilines is 2. The van der Waals surface area contributed by atoms with Gasteiger partial charge in [0.15, 0.2) is 0 Å². The van der Waals surface area contributed by atoms with Gasteiger partial charge in [-0.15, -0.1) is 0 Å². The molecular weight excluding hydrogens is 496 g/mol. The summed E-state index contributed by atoms with van der Waals surface area (Å²) in [5, 5.41) is 0. The molecule has 0 N–H and O–H groups in total. The lowest BCUT2D eigenvalue weighted by Crippen LogP contribution is -2.22. The fourth-order valence-electron chi connectivity index (χ4n) is 5.24. The summed E-state index contributed by atoms with van der Waals surface area (Å²) in [4.78, 5) is 16.4. The van der Waals surface area contributed by atoms with Crippen LogP contribution in [0.5, 0.6) is 5.75 Å². The third kappa shape index (κ3) is 7.47. The molecule has 214 valence electrons. The molecule has 5 heteroatoms. The summed E-state index contributed by atoms with van der Waals surface area (Å²) in [6, 6.07) is 22.0. The molecule has 0 spiro atoms. The van der Waals surface area contributed by atoms with Gasteiger partial charge in [0.2, 0.25) is 0 Å². The number of aryl methyl sites for hydroxylation is 2. The second-order valence-corrected chi connectivity index (χ2v) is 10.2. The zero-order chi connectivity index (χ0) is 29.2. The van der Waals surface area contributed by atoms with Gasteiger partial charge in [0, 0.05) is 49.0 Å². The number of benzene rings is 3. The molecule has 0 radical (unpaired) electrons. The molecule has 3 aromatic carbocycles. The van der Waals surface area contributed by atoms with Crippen molar-refractivity contribution in [2.24, 2.45) is 0 Å². The van der Waals surface area contributed by atoms with Crippen molar-refractivity contribution in [1.82, 2.24) is 0 Å². The summed E-state index contributed by atoms with van der Waals surface area (Å²) >= 11 is 0. The number of hydrogen-bond donors (Lipinski definition) is 0. The van der Waals surface area contributed by atoms with Crippen molar-refractivity contribution >= 4 is 17.3 Å². The van der Waals surface area contributed by atoms with E-state index in [0.717, 1.165) is 31.9 Å². The first-order valence-electron chi connectivity index (χ1n) is 14.5. The Bertz CT molecular complexity index is 1210. The van der Waals surface area contributed by atoms with Crippen LogP contribution in [-0.2, 0) is 9.53 Å². The summed E-state index contributed by atoms with van der Waals surface area (Å²) < 4.78 is 11.0. The van der Waals surface area contributed by atoms with Crippen LogP contribution < -0.4 is 14.5 Å². The topological polar surface area (TPSA) is 42.0 Å². The van der Waals surface area contributed by atoms with Gasteiger partial charge in [0.25, 0.3) is 0 Å². The molecule has 0 heterocycles. The van der Waals surface area contributed by atoms with E-state index in [2.05, 4.69) is 106 Å². The minimum Gasteiger partial charge on any atom is -0.490 e. The van der Waals surface area contributed by atoms with Crippen LogP contribution in [0.4, 0.5) is 11.4 Å². The summed E-state index contributed by atoms with van der Waals surface area (Å²) in [7, 11) is 0. The van der Waals surface area contributed by atoms with E-state index in [1.807, 2.05) is 12.1 Å². The average molecular weight is 543 g/mol. The summed E-state index contributed by atoms with van der Waals surface area (Å²) in [5.41, 5.74) is 9.27. The maximum Gasteiger partial charge on any atom is 0.333 e. The van der Waals surface area contributed by atoms with Crippen molar-refractivity contribution in [3.05, 3.63) is 101 Å². The Morgan fingerprint density at radius 1 is 0.750 bits per heavy atom. The molecular formula is C35H46N2O3. The molecule has 3 aromatic rings. The lowest BCUT2D eigenvalue weighted by Gasteiger charge is -2.27. The van der Waals surface area contributed by atoms with E-state index < -0.39 is 5.97 Å². The number of ether oxygens (including phenoxy) is 2. The maximum atomic E-state index is 11.6. The zero-order valence-electron chi connectivity index (χ0n) is 25.4. The smallest absolute Gasteiger partial charge is 0.333 e. The van der Waals surface area contributed by atoms with Crippen LogP contribution in [-0.4, -0.2) is 45.4 Å². The molecule has 0 amide bonds. The van der Waals surface area contributed by atoms with Crippen molar-refractivity contribution < 1.29 is 14.3 Å². The molecule has 0 unspecified atom stereocenters. The first-order chi connectivity index (χ1) is 19.2. The largest absolute Gasteiger partial charge is 0.490 e. The van der Waals surface area contributed by atoms with Gasteiger partial charge in [-0.3, -0.25) is 0 Å². The first kappa shape index (κ1) is 30.8. The van der Waals surface area contributed by atoms with Crippen LogP contribution in [0.3, 0.4) is 0 Å². The standard InChI is InChI=1S/C35H46N2O3/c1-9-36(10-2)29-15-19-32(26(7)23-29)34(33-20-16-30(24-27(33)8)37(11-3)12-4)28-13-17-31(18-14-28)39-21-22-40-35(38)25(5)6/h13-20,23-24,34H,5,9-12,21-22H2,1-4,6-8H3. The Morgan fingerprint density at radius 2 is 1.23 bits per heavy atom. The molecule has 0 saturated carbocycles. The van der Waals surface area contributed by atoms with Gasteiger partial charge in [-0.1, -0.05) is 30.8 Å². The predicted molar refractivity (Wildman–Crippen MR) is 168 cm³/mol. The molecule has 0 aliphatic carbocycles. The molecule has 0 fully saturated rings. The minimum atomic E-state index is -0.397. The maximum absolute atomic E-state index is 11.6. The lowest BCUT2D eigenvalue weighted by molar-refractivity contribution is -0.139. The number of hydrogen-bond acceptors (Lipinski definition) is 5. The molecule has 0 aromatic heterocycles. The van der Waals surface area contributed by atoms with Gasteiger partial charge >= 0.3 is 5.97 Å². The normalized spacial score (nSPS) is 10.9. The number of carbonyl (C=O) groups excluding carboxylic acids is 1. The number of rotatable bonds is 14. The SMILES string of the molecule is C=C(C)C(=O)OCCOc1ccc(C(c2ccc(N(CC)CC)cc2C)c2ccc(N(CC)CC)cc2C)cc1. The molecule has 0 atom stereocenters. The van der Waals surface area contributed by atoms with Crippen LogP contribution in [0.1, 0.15) is 68.4 Å². The van der Waals surface area contributed by atoms with E-state index in [1.54, 1.807) is 6.92 Å². The van der Waals surface area contributed by atoms with Gasteiger partial charge in [-0.25, -0.2) is 4.79 Å². The van der Waals surface area contributed by atoms with E-state index in [9.17, 15) is 4.79 Å². The minimum absolute atomic E-state index is 0.0853. The van der Waals surface area contributed by atoms with Gasteiger partial charge in [0.05, 0.1) is 0 Å². The highest BCUT2D eigenvalue weighted by atomic mass is 16.6. The van der Waals surface area contributed by atoms with Crippen LogP contribution in [0, 0.1) is 13.8 Å². The van der Waals surface area contributed by atoms with E-state index >= 15 is 0 Å². The van der Waals surface area contributed by atoms with Crippen molar-refractivity contribution in [3.8, 4) is 5.75 Å². The molecule has 0 aliphatic heterocycles. The second-order valence-electron chi connectivity index (χ2n) is 10.2. The lowest BCUT2D eigenvalue weighted by atomic mass is 9.81. The van der Waals surface area contributed by atoms with E-state index in [-0.39, 0.29) is 12.5 Å². The van der Waals surface area contributed by atoms with E-state index in [0.29, 0.717) is 12.2 Å². The van der Waals surface area contributed by atoms with Crippen molar-refractivity contribution in [3.63, 3.8) is 0 Å². The van der Waals surface area contributed by atoms with Gasteiger partial charge in [0.1, 0.15) is 19.0 Å². The van der Waals surface area contributed by atoms with Crippen LogP contribution in [0.2, 0.25) is 0 Å². The summed E-state index contributed by atoms with van der Waals surface area (Å²) in [5.74, 6) is 0.435. The third-order valence-electron chi connectivity index (χ3n) is 7.53. The Hall–Kier alpha value is -3.73. The molecule has 40 heavy (non-hydrogen) atoms. The van der Waals surface area contributed by atoms with Gasteiger partial charge in [-0.2, -0.15) is 0 Å². The van der Waals surface area contributed by atoms with Gasteiger partial charge < -0.3 is 19.3 Å². The Balaban J connectivity index is 1.96. The quantitative estimate of drug-likeness (QED) is 0.0905. The Labute approximate surface area is 241 Å². The monoisotopic (exact) mass is 542 g/mol. The third-order valence-corrected chi connectivity index (χ3v) is 7.53. The Kier molecular flexibility index (Phi) is 11.2. The average Bonchev–Trinajstić information content (AvgIpc) is 2.95. The molecule has 3 rings (SSSR count). The number of nitrogens with zero attached hydrogens (tertiary/aromatic N) is 2. The fraction of sp³-hybridized carbons (Fsp3) is 0.400. The van der Waals surface area contributed by atoms with Crippen molar-refractivity contribution in [2.75, 3.05) is 49.2 Å². The molecule has 0 bridgehead atoms. The number of carbonyl (C=O) groups is 1. The van der Waals surface area contributed by atoms with Crippen molar-refractivity contribution in [2.45, 2.75) is 54.4 Å². The summed E-state index contributed by atoms with van der Waals surface area (Å²) in [6.07, 6.45) is 0. The summed E-state index contributed by atoms with van der Waals surface area (Å²) in [6.45, 7) is 22.9. The van der Waals surface area contributed by atoms with Crippen LogP contribution >= 0.6 is 0 Å². The highest BCUT2D eigenvalue weighted by Crippen LogP contribution is 2.38. The van der Waals surface area contributed by atoms with Crippen LogP contribution in [0.25, 0.3) is 0 Å². The van der Waals surface area contributed by atoms with E-state index in [4.69, 9.17) is 9.47 Å². The highest BCUT2D eigenvalue weighted by Gasteiger charge is 2.22.